The van der Waals surface area contributed by atoms with Crippen LogP contribution in [0, 0.1) is 0 Å². The first-order chi connectivity index (χ1) is 15.1. The number of amides is 2. The van der Waals surface area contributed by atoms with Crippen molar-refractivity contribution in [2.45, 2.75) is 5.54 Å². The lowest BCUT2D eigenvalue weighted by molar-refractivity contribution is -0.155. The van der Waals surface area contributed by atoms with Gasteiger partial charge < -0.3 is 37.0 Å². The van der Waals surface area contributed by atoms with Gasteiger partial charge in [0.15, 0.2) is 5.54 Å². The molecular formula is C16H25N5O12. The molecule has 17 heteroatoms. The molecule has 186 valence electrons. The van der Waals surface area contributed by atoms with E-state index in [4.69, 9.17) is 37.0 Å². The van der Waals surface area contributed by atoms with E-state index in [2.05, 4.69) is 0 Å². The molecule has 0 spiro atoms. The van der Waals surface area contributed by atoms with Gasteiger partial charge in [-0.25, -0.2) is 0 Å². The van der Waals surface area contributed by atoms with Gasteiger partial charge >= 0.3 is 29.8 Å². The van der Waals surface area contributed by atoms with Crippen molar-refractivity contribution in [2.75, 3.05) is 52.4 Å². The molecule has 0 aromatic rings. The molecule has 33 heavy (non-hydrogen) atoms. The zero-order valence-electron chi connectivity index (χ0n) is 17.2. The molecule has 0 aliphatic heterocycles. The predicted molar refractivity (Wildman–Crippen MR) is 104 cm³/mol. The van der Waals surface area contributed by atoms with Gasteiger partial charge in [0.05, 0.1) is 32.7 Å². The summed E-state index contributed by atoms with van der Waals surface area (Å²) in [5, 5.41) is 45.1. The molecule has 0 heterocycles. The van der Waals surface area contributed by atoms with Crippen molar-refractivity contribution >= 4 is 41.7 Å². The average Bonchev–Trinajstić information content (AvgIpc) is 2.60. The first kappa shape index (κ1) is 29.2. The SMILES string of the molecule is NC(=O)C(CN(CCN(CC(=O)O)CC(=O)O)CC(=O)O)(C(N)=O)N(CC(=O)O)CC(=O)O. The number of nitrogens with zero attached hydrogens (tertiary/aromatic N) is 3. The fourth-order valence-electron chi connectivity index (χ4n) is 2.95. The van der Waals surface area contributed by atoms with Crippen LogP contribution in [0.2, 0.25) is 0 Å². The number of rotatable bonds is 18. The van der Waals surface area contributed by atoms with Gasteiger partial charge in [0.2, 0.25) is 11.8 Å². The maximum absolute atomic E-state index is 12.3. The second-order valence-electron chi connectivity index (χ2n) is 6.83. The number of primary amides is 2. The van der Waals surface area contributed by atoms with Crippen LogP contribution in [-0.2, 0) is 33.6 Å². The number of hydrogen-bond acceptors (Lipinski definition) is 10. The Kier molecular flexibility index (Phi) is 11.4. The van der Waals surface area contributed by atoms with Crippen molar-refractivity contribution in [3.63, 3.8) is 0 Å². The number of aliphatic carboxylic acids is 5. The number of carboxylic acids is 5. The Bertz CT molecular complexity index is 755. The Morgan fingerprint density at radius 2 is 0.848 bits per heavy atom. The summed E-state index contributed by atoms with van der Waals surface area (Å²) in [6.45, 7) is -6.53. The van der Waals surface area contributed by atoms with Gasteiger partial charge in [0.25, 0.3) is 0 Å². The molecule has 0 saturated heterocycles. The molecule has 0 aromatic heterocycles. The van der Waals surface area contributed by atoms with Crippen molar-refractivity contribution in [3.05, 3.63) is 0 Å². The molecule has 0 rings (SSSR count). The van der Waals surface area contributed by atoms with Gasteiger partial charge in [0.1, 0.15) is 0 Å². The maximum Gasteiger partial charge on any atom is 0.317 e. The summed E-state index contributed by atoms with van der Waals surface area (Å²) in [6, 6.07) is 0. The molecule has 0 aliphatic carbocycles. The quantitative estimate of drug-likeness (QED) is 0.0906. The Morgan fingerprint density at radius 3 is 1.15 bits per heavy atom. The van der Waals surface area contributed by atoms with Crippen LogP contribution in [0.25, 0.3) is 0 Å². The third-order valence-corrected chi connectivity index (χ3v) is 4.27. The first-order valence-corrected chi connectivity index (χ1v) is 9.00. The van der Waals surface area contributed by atoms with Crippen molar-refractivity contribution < 1.29 is 59.1 Å². The summed E-state index contributed by atoms with van der Waals surface area (Å²) in [5.74, 6) is -10.7. The molecule has 0 bridgehead atoms. The van der Waals surface area contributed by atoms with Crippen molar-refractivity contribution in [3.8, 4) is 0 Å². The Balaban J connectivity index is 6.16. The minimum absolute atomic E-state index is 0.365. The van der Waals surface area contributed by atoms with Crippen molar-refractivity contribution in [2.24, 2.45) is 11.5 Å². The fraction of sp³-hybridized carbons (Fsp3) is 0.562. The standard InChI is InChI=1S/C16H25N5O12/c17-14(32)16(15(18)33,21(6-12(28)29)7-13(30)31)8-20(5-11(26)27)2-1-19(3-9(22)23)4-10(24)25/h1-8H2,(H2,17,32)(H2,18,33)(H,22,23)(H,24,25)(H,26,27)(H,28,29)(H,30,31). The summed E-state index contributed by atoms with van der Waals surface area (Å²) in [5.41, 5.74) is 7.79. The number of nitrogens with two attached hydrogens (primary N) is 2. The molecule has 0 aliphatic rings. The Morgan fingerprint density at radius 1 is 0.545 bits per heavy atom. The van der Waals surface area contributed by atoms with E-state index >= 15 is 0 Å². The van der Waals surface area contributed by atoms with Crippen LogP contribution in [0.3, 0.4) is 0 Å². The highest BCUT2D eigenvalue weighted by Gasteiger charge is 2.51. The lowest BCUT2D eigenvalue weighted by Crippen LogP contribution is -2.71. The van der Waals surface area contributed by atoms with E-state index in [9.17, 15) is 33.6 Å². The summed E-state index contributed by atoms with van der Waals surface area (Å²) in [7, 11) is 0. The van der Waals surface area contributed by atoms with Crippen LogP contribution in [-0.4, -0.2) is 140 Å². The molecule has 0 radical (unpaired) electrons. The molecule has 0 saturated carbocycles. The number of carbonyl (C=O) groups excluding carboxylic acids is 2. The van der Waals surface area contributed by atoms with E-state index in [0.29, 0.717) is 4.90 Å². The molecule has 0 unspecified atom stereocenters. The van der Waals surface area contributed by atoms with Crippen LogP contribution in [0.15, 0.2) is 0 Å². The van der Waals surface area contributed by atoms with Crippen LogP contribution >= 0.6 is 0 Å². The van der Waals surface area contributed by atoms with Gasteiger partial charge in [-0.05, 0) is 0 Å². The van der Waals surface area contributed by atoms with Crippen LogP contribution in [0.1, 0.15) is 0 Å². The smallest absolute Gasteiger partial charge is 0.317 e. The van der Waals surface area contributed by atoms with Gasteiger partial charge in [0, 0.05) is 19.6 Å². The van der Waals surface area contributed by atoms with Crippen molar-refractivity contribution in [1.29, 1.82) is 0 Å². The van der Waals surface area contributed by atoms with E-state index in [1.165, 1.54) is 0 Å². The van der Waals surface area contributed by atoms with E-state index in [-0.39, 0.29) is 6.54 Å². The minimum atomic E-state index is -2.78. The zero-order chi connectivity index (χ0) is 25.9. The van der Waals surface area contributed by atoms with Crippen LogP contribution in [0.5, 0.6) is 0 Å². The van der Waals surface area contributed by atoms with E-state index in [1.54, 1.807) is 0 Å². The fourth-order valence-corrected chi connectivity index (χ4v) is 2.95. The number of carboxylic acid groups (broad SMARTS) is 5. The van der Waals surface area contributed by atoms with Crippen molar-refractivity contribution in [1.82, 2.24) is 14.7 Å². The van der Waals surface area contributed by atoms with Gasteiger partial charge in [-0.2, -0.15) is 0 Å². The monoisotopic (exact) mass is 479 g/mol. The van der Waals surface area contributed by atoms with Crippen LogP contribution in [0.4, 0.5) is 0 Å². The van der Waals surface area contributed by atoms with Gasteiger partial charge in [-0.15, -0.1) is 0 Å². The molecule has 0 aromatic carbocycles. The maximum atomic E-state index is 12.3. The third kappa shape index (κ3) is 9.89. The predicted octanol–water partition coefficient (Wildman–Crippen LogP) is -4.98. The molecule has 2 amide bonds. The zero-order valence-corrected chi connectivity index (χ0v) is 17.2. The molecular weight excluding hydrogens is 454 g/mol. The second kappa shape index (κ2) is 12.9. The third-order valence-electron chi connectivity index (χ3n) is 4.27. The number of carbonyl (C=O) groups is 7. The molecule has 17 nitrogen and oxygen atoms in total. The van der Waals surface area contributed by atoms with E-state index in [1.807, 2.05) is 0 Å². The lowest BCUT2D eigenvalue weighted by atomic mass is 9.93. The highest BCUT2D eigenvalue weighted by atomic mass is 16.4. The second-order valence-corrected chi connectivity index (χ2v) is 6.83. The van der Waals surface area contributed by atoms with Crippen LogP contribution < -0.4 is 11.5 Å². The number of hydrogen-bond donors (Lipinski definition) is 7. The Hall–Kier alpha value is -3.83. The minimum Gasteiger partial charge on any atom is -0.480 e. The average molecular weight is 479 g/mol. The molecule has 9 N–H and O–H groups in total. The van der Waals surface area contributed by atoms with Gasteiger partial charge in [-0.3, -0.25) is 48.3 Å². The summed E-state index contributed by atoms with van der Waals surface area (Å²) < 4.78 is 0. The highest BCUT2D eigenvalue weighted by Crippen LogP contribution is 2.18. The molecule has 0 fully saturated rings. The van der Waals surface area contributed by atoms with Gasteiger partial charge in [-0.1, -0.05) is 0 Å². The first-order valence-electron chi connectivity index (χ1n) is 9.00. The summed E-state index contributed by atoms with van der Waals surface area (Å²) in [6.07, 6.45) is 0. The normalized spacial score (nSPS) is 11.5. The lowest BCUT2D eigenvalue weighted by Gasteiger charge is -2.40. The highest BCUT2D eigenvalue weighted by molar-refractivity contribution is 6.09. The largest absolute Gasteiger partial charge is 0.480 e. The Labute approximate surface area is 185 Å². The molecule has 0 atom stereocenters. The summed E-state index contributed by atoms with van der Waals surface area (Å²) >= 11 is 0. The van der Waals surface area contributed by atoms with E-state index < -0.39 is 93.0 Å². The van der Waals surface area contributed by atoms with E-state index in [0.717, 1.165) is 9.80 Å². The summed E-state index contributed by atoms with van der Waals surface area (Å²) in [4.78, 5) is 82.2. The topological polar surface area (TPSA) is 282 Å².